The van der Waals surface area contributed by atoms with Gasteiger partial charge in [0.1, 0.15) is 0 Å². The number of Topliss-reactive ketones (excluding diaryl/α,β-unsaturated/α-hetero) is 1. The summed E-state index contributed by atoms with van der Waals surface area (Å²) in [6.45, 7) is 13.1. The minimum absolute atomic E-state index is 0.162. The van der Waals surface area contributed by atoms with Gasteiger partial charge < -0.3 is 0 Å². The molecule has 0 radical (unpaired) electrons. The second-order valence-corrected chi connectivity index (χ2v) is 6.19. The van der Waals surface area contributed by atoms with Crippen molar-refractivity contribution in [2.45, 2.75) is 54.4 Å². The van der Waals surface area contributed by atoms with E-state index < -0.39 is 0 Å². The molecule has 0 amide bonds. The molecule has 0 saturated carbocycles. The SMILES string of the molecule is CC(C)C1=C(C(C)C)C(=O)CC(C)(C)C1. The molecular weight excluding hydrogens is 184 g/mol. The van der Waals surface area contributed by atoms with Crippen LogP contribution >= 0.6 is 0 Å². The molecule has 0 bridgehead atoms. The quantitative estimate of drug-likeness (QED) is 0.670. The molecule has 0 aromatic carbocycles. The summed E-state index contributed by atoms with van der Waals surface area (Å²) in [4.78, 5) is 12.1. The van der Waals surface area contributed by atoms with Gasteiger partial charge in [-0.2, -0.15) is 0 Å². The highest BCUT2D eigenvalue weighted by Gasteiger charge is 2.34. The Hall–Kier alpha value is -0.590. The molecule has 0 saturated heterocycles. The zero-order valence-corrected chi connectivity index (χ0v) is 11.0. The first kappa shape index (κ1) is 12.5. The average Bonchev–Trinajstić information content (AvgIpc) is 1.99. The Morgan fingerprint density at radius 3 is 1.93 bits per heavy atom. The molecule has 0 fully saturated rings. The van der Waals surface area contributed by atoms with Crippen LogP contribution in [0.15, 0.2) is 11.1 Å². The molecule has 0 aromatic rings. The van der Waals surface area contributed by atoms with E-state index in [2.05, 4.69) is 41.5 Å². The van der Waals surface area contributed by atoms with E-state index in [1.807, 2.05) is 0 Å². The number of hydrogen-bond donors (Lipinski definition) is 0. The van der Waals surface area contributed by atoms with Gasteiger partial charge in [-0.15, -0.1) is 0 Å². The van der Waals surface area contributed by atoms with E-state index in [4.69, 9.17) is 0 Å². The van der Waals surface area contributed by atoms with Crippen LogP contribution < -0.4 is 0 Å². The third-order valence-corrected chi connectivity index (χ3v) is 3.23. The first-order valence-corrected chi connectivity index (χ1v) is 6.01. The number of ketones is 1. The number of carbonyl (C=O) groups is 1. The van der Waals surface area contributed by atoms with E-state index in [0.717, 1.165) is 18.4 Å². The molecule has 15 heavy (non-hydrogen) atoms. The summed E-state index contributed by atoms with van der Waals surface area (Å²) in [7, 11) is 0. The standard InChI is InChI=1S/C14H24O/c1-9(2)11-7-14(5,6)8-12(15)13(11)10(3)4/h9-10H,7-8H2,1-6H3. The van der Waals surface area contributed by atoms with Crippen molar-refractivity contribution in [3.05, 3.63) is 11.1 Å². The minimum atomic E-state index is 0.162. The summed E-state index contributed by atoms with van der Waals surface area (Å²) in [5, 5.41) is 0. The monoisotopic (exact) mass is 208 g/mol. The van der Waals surface area contributed by atoms with E-state index in [1.54, 1.807) is 0 Å². The Bertz CT molecular complexity index is 292. The van der Waals surface area contributed by atoms with Crippen LogP contribution in [0.25, 0.3) is 0 Å². The van der Waals surface area contributed by atoms with Crippen LogP contribution in [-0.2, 0) is 4.79 Å². The average molecular weight is 208 g/mol. The molecule has 1 aliphatic carbocycles. The molecule has 0 atom stereocenters. The second-order valence-electron chi connectivity index (χ2n) is 6.19. The Labute approximate surface area is 93.9 Å². The molecule has 0 aromatic heterocycles. The van der Waals surface area contributed by atoms with Gasteiger partial charge in [-0.05, 0) is 29.2 Å². The Kier molecular flexibility index (Phi) is 3.42. The van der Waals surface area contributed by atoms with Gasteiger partial charge in [0.2, 0.25) is 0 Å². The molecule has 1 rings (SSSR count). The van der Waals surface area contributed by atoms with E-state index >= 15 is 0 Å². The number of rotatable bonds is 2. The van der Waals surface area contributed by atoms with Crippen LogP contribution in [0, 0.1) is 17.3 Å². The van der Waals surface area contributed by atoms with Crippen molar-refractivity contribution in [2.75, 3.05) is 0 Å². The summed E-state index contributed by atoms with van der Waals surface area (Å²) < 4.78 is 0. The molecule has 0 N–H and O–H groups in total. The summed E-state index contributed by atoms with van der Waals surface area (Å²) in [5.41, 5.74) is 2.67. The van der Waals surface area contributed by atoms with Crippen LogP contribution in [0.1, 0.15) is 54.4 Å². The fourth-order valence-electron chi connectivity index (χ4n) is 2.59. The lowest BCUT2D eigenvalue weighted by Gasteiger charge is -2.35. The van der Waals surface area contributed by atoms with Gasteiger partial charge in [0, 0.05) is 6.42 Å². The molecule has 1 aliphatic rings. The second kappa shape index (κ2) is 4.11. The minimum Gasteiger partial charge on any atom is -0.295 e. The van der Waals surface area contributed by atoms with Crippen molar-refractivity contribution in [1.29, 1.82) is 0 Å². The Balaban J connectivity index is 3.17. The highest BCUT2D eigenvalue weighted by Crippen LogP contribution is 2.41. The third kappa shape index (κ3) is 2.70. The van der Waals surface area contributed by atoms with Crippen LogP contribution in [0.2, 0.25) is 0 Å². The summed E-state index contributed by atoms with van der Waals surface area (Å²) in [5.74, 6) is 1.27. The van der Waals surface area contributed by atoms with Crippen molar-refractivity contribution < 1.29 is 4.79 Å². The molecule has 0 unspecified atom stereocenters. The third-order valence-electron chi connectivity index (χ3n) is 3.23. The first-order valence-electron chi connectivity index (χ1n) is 6.01. The molecule has 0 spiro atoms. The van der Waals surface area contributed by atoms with Crippen molar-refractivity contribution in [3.63, 3.8) is 0 Å². The van der Waals surface area contributed by atoms with E-state index in [9.17, 15) is 4.79 Å². The molecule has 1 nitrogen and oxygen atoms in total. The maximum absolute atomic E-state index is 12.1. The molecule has 86 valence electrons. The van der Waals surface area contributed by atoms with Gasteiger partial charge in [-0.1, -0.05) is 47.1 Å². The lowest BCUT2D eigenvalue weighted by molar-refractivity contribution is -0.118. The molecule has 0 heterocycles. The summed E-state index contributed by atoms with van der Waals surface area (Å²) >= 11 is 0. The molecule has 0 aliphatic heterocycles. The van der Waals surface area contributed by atoms with Gasteiger partial charge in [0.15, 0.2) is 5.78 Å². The first-order chi connectivity index (χ1) is 6.74. The largest absolute Gasteiger partial charge is 0.295 e. The number of allylic oxidation sites excluding steroid dienone is 2. The zero-order chi connectivity index (χ0) is 11.8. The van der Waals surface area contributed by atoms with Crippen molar-refractivity contribution in [3.8, 4) is 0 Å². The van der Waals surface area contributed by atoms with E-state index in [1.165, 1.54) is 5.57 Å². The number of carbonyl (C=O) groups excluding carboxylic acids is 1. The fourth-order valence-corrected chi connectivity index (χ4v) is 2.59. The number of hydrogen-bond acceptors (Lipinski definition) is 1. The van der Waals surface area contributed by atoms with Crippen LogP contribution in [0.4, 0.5) is 0 Å². The molecular formula is C14H24O. The smallest absolute Gasteiger partial charge is 0.159 e. The summed E-state index contributed by atoms with van der Waals surface area (Å²) in [6.07, 6.45) is 1.81. The van der Waals surface area contributed by atoms with Gasteiger partial charge in [-0.3, -0.25) is 4.79 Å². The van der Waals surface area contributed by atoms with Crippen LogP contribution in [0.5, 0.6) is 0 Å². The van der Waals surface area contributed by atoms with Gasteiger partial charge in [0.25, 0.3) is 0 Å². The van der Waals surface area contributed by atoms with Gasteiger partial charge in [0.05, 0.1) is 0 Å². The van der Waals surface area contributed by atoms with E-state index in [-0.39, 0.29) is 5.41 Å². The highest BCUT2D eigenvalue weighted by atomic mass is 16.1. The Morgan fingerprint density at radius 1 is 1.00 bits per heavy atom. The zero-order valence-electron chi connectivity index (χ0n) is 11.0. The van der Waals surface area contributed by atoms with Crippen molar-refractivity contribution in [2.24, 2.45) is 17.3 Å². The lowest BCUT2D eigenvalue weighted by atomic mass is 9.69. The van der Waals surface area contributed by atoms with Crippen LogP contribution in [-0.4, -0.2) is 5.78 Å². The lowest BCUT2D eigenvalue weighted by Crippen LogP contribution is -2.29. The van der Waals surface area contributed by atoms with Crippen molar-refractivity contribution >= 4 is 5.78 Å². The topological polar surface area (TPSA) is 17.1 Å². The fraction of sp³-hybridized carbons (Fsp3) is 0.786. The predicted molar refractivity (Wildman–Crippen MR) is 64.7 cm³/mol. The maximum Gasteiger partial charge on any atom is 0.159 e. The highest BCUT2D eigenvalue weighted by molar-refractivity contribution is 5.97. The van der Waals surface area contributed by atoms with Crippen LogP contribution in [0.3, 0.4) is 0 Å². The van der Waals surface area contributed by atoms with E-state index in [0.29, 0.717) is 17.6 Å². The Morgan fingerprint density at radius 2 is 1.53 bits per heavy atom. The van der Waals surface area contributed by atoms with Gasteiger partial charge >= 0.3 is 0 Å². The maximum atomic E-state index is 12.1. The molecule has 1 heteroatoms. The summed E-state index contributed by atoms with van der Waals surface area (Å²) in [6, 6.07) is 0. The van der Waals surface area contributed by atoms with Gasteiger partial charge in [-0.25, -0.2) is 0 Å². The predicted octanol–water partition coefficient (Wildman–Crippen LogP) is 3.98. The normalized spacial score (nSPS) is 21.7. The van der Waals surface area contributed by atoms with Crippen molar-refractivity contribution in [1.82, 2.24) is 0 Å².